The first-order chi connectivity index (χ1) is 11.9. The van der Waals surface area contributed by atoms with Gasteiger partial charge >= 0.3 is 0 Å². The average molecular weight is 383 g/mol. The molecule has 0 atom stereocenters. The summed E-state index contributed by atoms with van der Waals surface area (Å²) in [4.78, 5) is 4.23. The highest BCUT2D eigenvalue weighted by Crippen LogP contribution is 2.24. The summed E-state index contributed by atoms with van der Waals surface area (Å²) in [5.41, 5.74) is 2.12. The van der Waals surface area contributed by atoms with Crippen molar-refractivity contribution in [3.63, 3.8) is 0 Å². The van der Waals surface area contributed by atoms with Gasteiger partial charge in [-0.05, 0) is 37.6 Å². The van der Waals surface area contributed by atoms with Crippen LogP contribution in [0.15, 0.2) is 35.3 Å². The second-order valence-corrected chi connectivity index (χ2v) is 6.69. The van der Waals surface area contributed by atoms with Gasteiger partial charge in [-0.25, -0.2) is 0 Å². The number of aromatic nitrogens is 1. The number of halogens is 2. The number of hydrogen-bond acceptors (Lipinski definition) is 2. The van der Waals surface area contributed by atoms with Crippen LogP contribution in [0, 0.1) is 0 Å². The van der Waals surface area contributed by atoms with Crippen LogP contribution in [0.2, 0.25) is 10.2 Å². The van der Waals surface area contributed by atoms with Crippen LogP contribution in [-0.4, -0.2) is 23.7 Å². The number of nitrogens with zero attached hydrogens (tertiary/aromatic N) is 2. The van der Waals surface area contributed by atoms with Crippen LogP contribution >= 0.6 is 23.2 Å². The summed E-state index contributed by atoms with van der Waals surface area (Å²) >= 11 is 12.1. The maximum atomic E-state index is 6.08. The topological polar surface area (TPSA) is 50.6 Å². The van der Waals surface area contributed by atoms with Crippen molar-refractivity contribution in [2.45, 2.75) is 33.0 Å². The quantitative estimate of drug-likeness (QED) is 0.586. The zero-order valence-corrected chi connectivity index (χ0v) is 16.4. The van der Waals surface area contributed by atoms with Gasteiger partial charge in [-0.1, -0.05) is 35.3 Å². The van der Waals surface area contributed by atoms with Gasteiger partial charge in [-0.15, -0.1) is 0 Å². The number of aliphatic imine (C=N–C) groups is 1. The molecule has 2 aromatic rings. The molecule has 0 bridgehead atoms. The molecule has 7 heteroatoms. The van der Waals surface area contributed by atoms with E-state index in [0.29, 0.717) is 29.2 Å². The Labute approximate surface area is 159 Å². The number of hydrogen-bond donors (Lipinski definition) is 2. The predicted molar refractivity (Wildman–Crippen MR) is 105 cm³/mol. The minimum absolute atomic E-state index is 0.173. The van der Waals surface area contributed by atoms with E-state index < -0.39 is 0 Å². The normalized spacial score (nSPS) is 11.7. The monoisotopic (exact) mass is 382 g/mol. The largest absolute Gasteiger partial charge is 0.491 e. The Balaban J connectivity index is 1.86. The minimum Gasteiger partial charge on any atom is -0.491 e. The fraction of sp³-hybridized carbons (Fsp3) is 0.389. The molecule has 0 radical (unpaired) electrons. The van der Waals surface area contributed by atoms with Crippen molar-refractivity contribution in [1.29, 1.82) is 0 Å². The fourth-order valence-electron chi connectivity index (χ4n) is 2.30. The molecular weight excluding hydrogens is 359 g/mol. The molecule has 1 aromatic carbocycles. The van der Waals surface area contributed by atoms with Crippen molar-refractivity contribution >= 4 is 29.2 Å². The van der Waals surface area contributed by atoms with E-state index >= 15 is 0 Å². The van der Waals surface area contributed by atoms with Gasteiger partial charge in [0.1, 0.15) is 10.9 Å². The van der Waals surface area contributed by atoms with E-state index in [2.05, 4.69) is 15.6 Å². The second kappa shape index (κ2) is 9.02. The molecule has 2 N–H and O–H groups in total. The molecule has 5 nitrogen and oxygen atoms in total. The van der Waals surface area contributed by atoms with Crippen LogP contribution in [-0.2, 0) is 20.1 Å². The average Bonchev–Trinajstić information content (AvgIpc) is 2.83. The van der Waals surface area contributed by atoms with Crippen LogP contribution in [0.5, 0.6) is 5.75 Å². The summed E-state index contributed by atoms with van der Waals surface area (Å²) in [5, 5.41) is 7.61. The van der Waals surface area contributed by atoms with Gasteiger partial charge in [0, 0.05) is 26.3 Å². The van der Waals surface area contributed by atoms with Gasteiger partial charge in [0.25, 0.3) is 0 Å². The van der Waals surface area contributed by atoms with Gasteiger partial charge < -0.3 is 19.9 Å². The molecule has 0 fully saturated rings. The molecule has 0 aliphatic carbocycles. The van der Waals surface area contributed by atoms with Crippen molar-refractivity contribution in [3.05, 3.63) is 51.8 Å². The Morgan fingerprint density at radius 1 is 1.16 bits per heavy atom. The van der Waals surface area contributed by atoms with Crippen molar-refractivity contribution in [2.24, 2.45) is 12.0 Å². The third-order valence-corrected chi connectivity index (χ3v) is 4.47. The smallest absolute Gasteiger partial charge is 0.191 e. The summed E-state index contributed by atoms with van der Waals surface area (Å²) in [6.07, 6.45) is 0.173. The summed E-state index contributed by atoms with van der Waals surface area (Å²) in [6, 6.07) is 9.86. The minimum atomic E-state index is 0.173. The molecule has 0 aliphatic heterocycles. The molecule has 2 rings (SSSR count). The van der Waals surface area contributed by atoms with E-state index in [4.69, 9.17) is 27.9 Å². The molecule has 1 heterocycles. The molecule has 0 spiro atoms. The number of benzene rings is 1. The van der Waals surface area contributed by atoms with Gasteiger partial charge in [0.05, 0.1) is 17.7 Å². The SMILES string of the molecule is CN=C(NCc1ccc(OC(C)C)cc1)NCc1cc(Cl)c(Cl)n1C. The zero-order valence-electron chi connectivity index (χ0n) is 14.9. The Kier molecular flexibility index (Phi) is 7.02. The lowest BCUT2D eigenvalue weighted by Crippen LogP contribution is -2.36. The Morgan fingerprint density at radius 3 is 2.32 bits per heavy atom. The first-order valence-corrected chi connectivity index (χ1v) is 8.86. The van der Waals surface area contributed by atoms with Crippen molar-refractivity contribution in [3.8, 4) is 5.75 Å². The number of rotatable bonds is 6. The third-order valence-electron chi connectivity index (χ3n) is 3.63. The van der Waals surface area contributed by atoms with E-state index in [9.17, 15) is 0 Å². The van der Waals surface area contributed by atoms with E-state index in [1.807, 2.05) is 55.8 Å². The first-order valence-electron chi connectivity index (χ1n) is 8.10. The predicted octanol–water partition coefficient (Wildman–Crippen LogP) is 3.98. The summed E-state index contributed by atoms with van der Waals surface area (Å²) in [5.74, 6) is 1.58. The molecule has 0 unspecified atom stereocenters. The summed E-state index contributed by atoms with van der Waals surface area (Å²) in [7, 11) is 3.61. The van der Waals surface area contributed by atoms with E-state index in [0.717, 1.165) is 17.0 Å². The van der Waals surface area contributed by atoms with Crippen LogP contribution in [0.1, 0.15) is 25.1 Å². The third kappa shape index (κ3) is 5.58. The van der Waals surface area contributed by atoms with Crippen molar-refractivity contribution in [2.75, 3.05) is 7.05 Å². The first kappa shape index (κ1) is 19.5. The standard InChI is InChI=1S/C18H24Cl2N4O/c1-12(2)25-15-7-5-13(6-8-15)10-22-18(21-3)23-11-14-9-16(19)17(20)24(14)4/h5-9,12H,10-11H2,1-4H3,(H2,21,22,23). The van der Waals surface area contributed by atoms with E-state index in [-0.39, 0.29) is 6.10 Å². The molecule has 0 saturated carbocycles. The Hall–Kier alpha value is -1.85. The lowest BCUT2D eigenvalue weighted by Gasteiger charge is -2.13. The lowest BCUT2D eigenvalue weighted by atomic mass is 10.2. The Bertz CT molecular complexity index is 723. The van der Waals surface area contributed by atoms with Gasteiger partial charge in [0.15, 0.2) is 5.96 Å². The van der Waals surface area contributed by atoms with Gasteiger partial charge in [0.2, 0.25) is 0 Å². The number of ether oxygens (including phenoxy) is 1. The molecule has 0 amide bonds. The van der Waals surface area contributed by atoms with E-state index in [1.54, 1.807) is 7.05 Å². The van der Waals surface area contributed by atoms with Gasteiger partial charge in [-0.2, -0.15) is 0 Å². The highest BCUT2D eigenvalue weighted by atomic mass is 35.5. The lowest BCUT2D eigenvalue weighted by molar-refractivity contribution is 0.242. The van der Waals surface area contributed by atoms with Gasteiger partial charge in [-0.3, -0.25) is 4.99 Å². The highest BCUT2D eigenvalue weighted by Gasteiger charge is 2.09. The number of guanidine groups is 1. The summed E-state index contributed by atoms with van der Waals surface area (Å²) in [6.45, 7) is 5.26. The van der Waals surface area contributed by atoms with Crippen molar-refractivity contribution < 1.29 is 4.74 Å². The summed E-state index contributed by atoms with van der Waals surface area (Å²) < 4.78 is 7.49. The molecule has 1 aromatic heterocycles. The molecule has 25 heavy (non-hydrogen) atoms. The Morgan fingerprint density at radius 2 is 1.80 bits per heavy atom. The van der Waals surface area contributed by atoms with Crippen LogP contribution in [0.4, 0.5) is 0 Å². The molecule has 0 aliphatic rings. The zero-order chi connectivity index (χ0) is 18.4. The molecular formula is C18H24Cl2N4O. The molecule has 136 valence electrons. The fourth-order valence-corrected chi connectivity index (χ4v) is 2.71. The van der Waals surface area contributed by atoms with Crippen LogP contribution < -0.4 is 15.4 Å². The van der Waals surface area contributed by atoms with Crippen molar-refractivity contribution in [1.82, 2.24) is 15.2 Å². The second-order valence-electron chi connectivity index (χ2n) is 5.92. The van der Waals surface area contributed by atoms with E-state index in [1.165, 1.54) is 0 Å². The maximum Gasteiger partial charge on any atom is 0.191 e. The van der Waals surface area contributed by atoms with Crippen LogP contribution in [0.25, 0.3) is 0 Å². The highest BCUT2D eigenvalue weighted by molar-refractivity contribution is 6.41. The van der Waals surface area contributed by atoms with Crippen LogP contribution in [0.3, 0.4) is 0 Å². The number of nitrogens with one attached hydrogen (secondary N) is 2. The molecule has 0 saturated heterocycles. The maximum absolute atomic E-state index is 6.08.